The molecule has 0 bridgehead atoms. The Labute approximate surface area is 263 Å². The van der Waals surface area contributed by atoms with E-state index in [9.17, 15) is 0 Å². The van der Waals surface area contributed by atoms with Gasteiger partial charge in [-0.1, -0.05) is 208 Å². The molecule has 248 valence electrons. The summed E-state index contributed by atoms with van der Waals surface area (Å²) in [6, 6.07) is 0. The highest BCUT2D eigenvalue weighted by molar-refractivity contribution is 4.61. The highest BCUT2D eigenvalue weighted by atomic mass is 15.1. The Bertz CT molecular complexity index is 420. The van der Waals surface area contributed by atoms with Crippen LogP contribution in [-0.2, 0) is 0 Å². The molecule has 0 fully saturated rings. The van der Waals surface area contributed by atoms with Crippen molar-refractivity contribution in [1.29, 1.82) is 0 Å². The van der Waals surface area contributed by atoms with Crippen LogP contribution in [-0.4, -0.2) is 24.5 Å². The van der Waals surface area contributed by atoms with Crippen LogP contribution in [0.25, 0.3) is 0 Å². The van der Waals surface area contributed by atoms with Crippen LogP contribution in [0.15, 0.2) is 0 Å². The van der Waals surface area contributed by atoms with E-state index >= 15 is 0 Å². The number of nitrogens with zero attached hydrogens (tertiary/aromatic N) is 1. The van der Waals surface area contributed by atoms with Crippen molar-refractivity contribution in [2.75, 3.05) is 19.6 Å². The van der Waals surface area contributed by atoms with Gasteiger partial charge < -0.3 is 4.90 Å². The fourth-order valence-electron chi connectivity index (χ4n) is 6.41. The number of rotatable bonds is 35. The lowest BCUT2D eigenvalue weighted by Gasteiger charge is -2.22. The molecule has 0 spiro atoms. The molecule has 0 aliphatic carbocycles. The molecule has 0 rings (SSSR count). The number of hydrogen-bond donors (Lipinski definition) is 0. The van der Waals surface area contributed by atoms with Crippen molar-refractivity contribution in [3.63, 3.8) is 0 Å². The molecule has 0 heterocycles. The third kappa shape index (κ3) is 36.1. The molecular formula is C40H83N. The maximum atomic E-state index is 2.83. The van der Waals surface area contributed by atoms with E-state index in [1.54, 1.807) is 0 Å². The molecule has 0 aromatic carbocycles. The van der Waals surface area contributed by atoms with Crippen molar-refractivity contribution >= 4 is 0 Å². The Hall–Kier alpha value is -0.0400. The molecule has 1 nitrogen and oxygen atoms in total. The average molecular weight is 578 g/mol. The summed E-state index contributed by atoms with van der Waals surface area (Å²) in [6.07, 6.45) is 43.7. The largest absolute Gasteiger partial charge is 0.303 e. The predicted molar refractivity (Wildman–Crippen MR) is 190 cm³/mol. The topological polar surface area (TPSA) is 3.24 Å². The molecular weight excluding hydrogens is 494 g/mol. The van der Waals surface area contributed by atoms with Gasteiger partial charge in [0.15, 0.2) is 0 Å². The SMILES string of the molecule is CCCCCCN(CCCCCCCCCCCCCCC(C)C)CCCCCCCCCCCCCCC(C)C. The average Bonchev–Trinajstić information content (AvgIpc) is 2.94. The van der Waals surface area contributed by atoms with Gasteiger partial charge in [0.2, 0.25) is 0 Å². The fourth-order valence-corrected chi connectivity index (χ4v) is 6.41. The van der Waals surface area contributed by atoms with Gasteiger partial charge in [-0.05, 0) is 50.7 Å². The van der Waals surface area contributed by atoms with Crippen LogP contribution >= 0.6 is 0 Å². The van der Waals surface area contributed by atoms with Gasteiger partial charge in [0.1, 0.15) is 0 Å². The summed E-state index contributed by atoms with van der Waals surface area (Å²) in [7, 11) is 0. The van der Waals surface area contributed by atoms with E-state index in [0.717, 1.165) is 11.8 Å². The lowest BCUT2D eigenvalue weighted by Crippen LogP contribution is -2.27. The fraction of sp³-hybridized carbons (Fsp3) is 1.00. The minimum atomic E-state index is 0.891. The minimum Gasteiger partial charge on any atom is -0.303 e. The van der Waals surface area contributed by atoms with Gasteiger partial charge >= 0.3 is 0 Å². The second-order valence-corrected chi connectivity index (χ2v) is 14.8. The third-order valence-corrected chi connectivity index (χ3v) is 9.34. The van der Waals surface area contributed by atoms with Gasteiger partial charge in [0.05, 0.1) is 0 Å². The van der Waals surface area contributed by atoms with Gasteiger partial charge in [-0.15, -0.1) is 0 Å². The molecule has 0 amide bonds. The predicted octanol–water partition coefficient (Wildman–Crippen LogP) is 14.3. The summed E-state index contributed by atoms with van der Waals surface area (Å²) in [6.45, 7) is 15.8. The maximum Gasteiger partial charge on any atom is -0.00187 e. The molecule has 0 aromatic rings. The normalized spacial score (nSPS) is 12.0. The lowest BCUT2D eigenvalue weighted by molar-refractivity contribution is 0.254. The Balaban J connectivity index is 3.63. The van der Waals surface area contributed by atoms with Crippen LogP contribution in [0.1, 0.15) is 227 Å². The van der Waals surface area contributed by atoms with Crippen molar-refractivity contribution in [1.82, 2.24) is 4.90 Å². The first-order chi connectivity index (χ1) is 20.1. The van der Waals surface area contributed by atoms with Crippen LogP contribution in [0.4, 0.5) is 0 Å². The Kier molecular flexibility index (Phi) is 34.4. The highest BCUT2D eigenvalue weighted by Gasteiger charge is 2.05. The third-order valence-electron chi connectivity index (χ3n) is 9.34. The van der Waals surface area contributed by atoms with Crippen molar-refractivity contribution < 1.29 is 0 Å². The van der Waals surface area contributed by atoms with Crippen LogP contribution < -0.4 is 0 Å². The van der Waals surface area contributed by atoms with Crippen LogP contribution in [0.5, 0.6) is 0 Å². The molecule has 0 aliphatic rings. The second kappa shape index (κ2) is 34.5. The summed E-state index contributed by atoms with van der Waals surface area (Å²) < 4.78 is 0. The van der Waals surface area contributed by atoms with Crippen LogP contribution in [0.2, 0.25) is 0 Å². The summed E-state index contributed by atoms with van der Waals surface area (Å²) in [5.74, 6) is 1.78. The van der Waals surface area contributed by atoms with E-state index < -0.39 is 0 Å². The molecule has 0 N–H and O–H groups in total. The van der Waals surface area contributed by atoms with Gasteiger partial charge in [-0.3, -0.25) is 0 Å². The monoisotopic (exact) mass is 578 g/mol. The van der Waals surface area contributed by atoms with Crippen molar-refractivity contribution in [3.05, 3.63) is 0 Å². The number of unbranched alkanes of at least 4 members (excludes halogenated alkanes) is 25. The van der Waals surface area contributed by atoms with Gasteiger partial charge in [0, 0.05) is 0 Å². The standard InChI is InChI=1S/C40H83N/c1-6-7-8-31-36-41(37-32-27-23-19-15-11-9-13-17-21-25-29-34-39(2)3)38-33-28-24-20-16-12-10-14-18-22-26-30-35-40(4)5/h39-40H,6-38H2,1-5H3. The first kappa shape index (κ1) is 41.0. The zero-order chi connectivity index (χ0) is 30.1. The van der Waals surface area contributed by atoms with Crippen LogP contribution in [0.3, 0.4) is 0 Å². The van der Waals surface area contributed by atoms with Crippen molar-refractivity contribution in [2.45, 2.75) is 227 Å². The van der Waals surface area contributed by atoms with Crippen LogP contribution in [0, 0.1) is 11.8 Å². The van der Waals surface area contributed by atoms with E-state index in [1.165, 1.54) is 212 Å². The summed E-state index contributed by atoms with van der Waals surface area (Å²) in [5.41, 5.74) is 0. The number of hydrogen-bond acceptors (Lipinski definition) is 1. The Morgan fingerprint density at radius 1 is 0.293 bits per heavy atom. The van der Waals surface area contributed by atoms with E-state index in [1.807, 2.05) is 0 Å². The maximum absolute atomic E-state index is 2.83. The lowest BCUT2D eigenvalue weighted by atomic mass is 10.0. The smallest absolute Gasteiger partial charge is 0.00187 e. The molecule has 0 saturated heterocycles. The first-order valence-electron chi connectivity index (χ1n) is 19.8. The highest BCUT2D eigenvalue weighted by Crippen LogP contribution is 2.16. The van der Waals surface area contributed by atoms with Crippen molar-refractivity contribution in [3.8, 4) is 0 Å². The molecule has 41 heavy (non-hydrogen) atoms. The Morgan fingerprint density at radius 2 is 0.512 bits per heavy atom. The quantitative estimate of drug-likeness (QED) is 0.0677. The van der Waals surface area contributed by atoms with E-state index in [4.69, 9.17) is 0 Å². The van der Waals surface area contributed by atoms with E-state index in [0.29, 0.717) is 0 Å². The van der Waals surface area contributed by atoms with E-state index in [-0.39, 0.29) is 0 Å². The molecule has 0 saturated carbocycles. The molecule has 1 heteroatoms. The molecule has 0 radical (unpaired) electrons. The zero-order valence-corrected chi connectivity index (χ0v) is 29.9. The summed E-state index contributed by atoms with van der Waals surface area (Å²) in [5, 5.41) is 0. The molecule has 0 aromatic heterocycles. The van der Waals surface area contributed by atoms with Gasteiger partial charge in [-0.25, -0.2) is 0 Å². The molecule has 0 aliphatic heterocycles. The Morgan fingerprint density at radius 3 is 0.756 bits per heavy atom. The molecule has 0 unspecified atom stereocenters. The second-order valence-electron chi connectivity index (χ2n) is 14.8. The van der Waals surface area contributed by atoms with Gasteiger partial charge in [-0.2, -0.15) is 0 Å². The molecule has 0 atom stereocenters. The summed E-state index contributed by atoms with van der Waals surface area (Å²) in [4.78, 5) is 2.83. The zero-order valence-electron chi connectivity index (χ0n) is 29.9. The summed E-state index contributed by atoms with van der Waals surface area (Å²) >= 11 is 0. The van der Waals surface area contributed by atoms with E-state index in [2.05, 4.69) is 39.5 Å². The van der Waals surface area contributed by atoms with Gasteiger partial charge in [0.25, 0.3) is 0 Å². The van der Waals surface area contributed by atoms with Crippen molar-refractivity contribution in [2.24, 2.45) is 11.8 Å². The minimum absolute atomic E-state index is 0.891. The first-order valence-corrected chi connectivity index (χ1v) is 19.8.